The molecule has 1 aliphatic carbocycles. The summed E-state index contributed by atoms with van der Waals surface area (Å²) in [5.41, 5.74) is 0.341. The molecule has 0 heterocycles. The topological polar surface area (TPSA) is 0 Å². The Bertz CT molecular complexity index is 354. The fraction of sp³-hybridized carbons (Fsp3) is 0.500. The van der Waals surface area contributed by atoms with E-state index in [9.17, 15) is 13.2 Å². The van der Waals surface area contributed by atoms with Gasteiger partial charge in [0, 0.05) is 6.07 Å². The molecular weight excluding hydrogens is 201 g/mol. The maximum atomic E-state index is 13.4. The van der Waals surface area contributed by atoms with E-state index in [2.05, 4.69) is 0 Å². The van der Waals surface area contributed by atoms with Crippen LogP contribution in [0.15, 0.2) is 12.1 Å². The van der Waals surface area contributed by atoms with Crippen molar-refractivity contribution in [3.8, 4) is 0 Å². The fourth-order valence-electron chi connectivity index (χ4n) is 2.26. The monoisotopic (exact) mass is 214 g/mol. The first-order chi connectivity index (χ1) is 7.18. The van der Waals surface area contributed by atoms with Gasteiger partial charge < -0.3 is 0 Å². The SMILES string of the molecule is Fc1cc(F)c(C2CCCCC2)cc1F. The molecule has 1 saturated carbocycles. The van der Waals surface area contributed by atoms with Crippen LogP contribution in [0.25, 0.3) is 0 Å². The molecule has 0 nitrogen and oxygen atoms in total. The van der Waals surface area contributed by atoms with E-state index >= 15 is 0 Å². The summed E-state index contributed by atoms with van der Waals surface area (Å²) < 4.78 is 39.1. The van der Waals surface area contributed by atoms with E-state index in [4.69, 9.17) is 0 Å². The standard InChI is InChI=1S/C12H13F3/c13-10-7-12(15)11(14)6-9(10)8-4-2-1-3-5-8/h6-8H,1-5H2. The minimum absolute atomic E-state index is 0.0637. The first-order valence-corrected chi connectivity index (χ1v) is 5.33. The first kappa shape index (κ1) is 10.5. The second-order valence-corrected chi connectivity index (χ2v) is 4.12. The fourth-order valence-corrected chi connectivity index (χ4v) is 2.26. The summed E-state index contributed by atoms with van der Waals surface area (Å²) >= 11 is 0. The van der Waals surface area contributed by atoms with Crippen molar-refractivity contribution in [2.24, 2.45) is 0 Å². The molecule has 3 heteroatoms. The van der Waals surface area contributed by atoms with Gasteiger partial charge in [0.15, 0.2) is 11.6 Å². The van der Waals surface area contributed by atoms with E-state index in [0.29, 0.717) is 11.6 Å². The Morgan fingerprint density at radius 3 is 2.07 bits per heavy atom. The van der Waals surface area contributed by atoms with Gasteiger partial charge in [-0.1, -0.05) is 19.3 Å². The molecule has 82 valence electrons. The average Bonchev–Trinajstić information content (AvgIpc) is 2.25. The Kier molecular flexibility index (Phi) is 2.98. The Balaban J connectivity index is 2.30. The number of hydrogen-bond acceptors (Lipinski definition) is 0. The van der Waals surface area contributed by atoms with E-state index in [-0.39, 0.29) is 5.92 Å². The molecule has 1 aliphatic rings. The Labute approximate surface area is 87.1 Å². The summed E-state index contributed by atoms with van der Waals surface area (Å²) in [6, 6.07) is 1.67. The van der Waals surface area contributed by atoms with Crippen LogP contribution in [0.5, 0.6) is 0 Å². The lowest BCUT2D eigenvalue weighted by atomic mass is 9.84. The first-order valence-electron chi connectivity index (χ1n) is 5.33. The average molecular weight is 214 g/mol. The van der Waals surface area contributed by atoms with Gasteiger partial charge in [-0.05, 0) is 30.4 Å². The molecule has 0 aromatic heterocycles. The van der Waals surface area contributed by atoms with Crippen LogP contribution in [-0.2, 0) is 0 Å². The van der Waals surface area contributed by atoms with Crippen LogP contribution in [0.2, 0.25) is 0 Å². The minimum atomic E-state index is -1.10. The van der Waals surface area contributed by atoms with Crippen molar-refractivity contribution in [1.82, 2.24) is 0 Å². The molecule has 1 aromatic rings. The van der Waals surface area contributed by atoms with Crippen molar-refractivity contribution in [2.75, 3.05) is 0 Å². The predicted octanol–water partition coefficient (Wildman–Crippen LogP) is 4.15. The summed E-state index contributed by atoms with van der Waals surface area (Å²) in [6.45, 7) is 0. The number of hydrogen-bond donors (Lipinski definition) is 0. The molecule has 0 radical (unpaired) electrons. The molecule has 0 bridgehead atoms. The lowest BCUT2D eigenvalue weighted by Gasteiger charge is -2.22. The lowest BCUT2D eigenvalue weighted by molar-refractivity contribution is 0.420. The zero-order chi connectivity index (χ0) is 10.8. The molecule has 0 saturated heterocycles. The zero-order valence-corrected chi connectivity index (χ0v) is 8.40. The van der Waals surface area contributed by atoms with Crippen molar-refractivity contribution in [3.05, 3.63) is 35.1 Å². The number of benzene rings is 1. The van der Waals surface area contributed by atoms with Crippen molar-refractivity contribution in [1.29, 1.82) is 0 Å². The lowest BCUT2D eigenvalue weighted by Crippen LogP contribution is -2.07. The van der Waals surface area contributed by atoms with Gasteiger partial charge in [-0.15, -0.1) is 0 Å². The summed E-state index contributed by atoms with van der Waals surface area (Å²) in [5.74, 6) is -2.60. The molecule has 0 amide bonds. The maximum Gasteiger partial charge on any atom is 0.161 e. The van der Waals surface area contributed by atoms with Gasteiger partial charge in [-0.2, -0.15) is 0 Å². The van der Waals surface area contributed by atoms with Gasteiger partial charge in [-0.25, -0.2) is 13.2 Å². The van der Waals surface area contributed by atoms with E-state index < -0.39 is 17.5 Å². The highest BCUT2D eigenvalue weighted by Crippen LogP contribution is 2.34. The van der Waals surface area contributed by atoms with Crippen molar-refractivity contribution in [3.63, 3.8) is 0 Å². The number of rotatable bonds is 1. The third-order valence-corrected chi connectivity index (χ3v) is 3.08. The smallest absolute Gasteiger partial charge is 0.161 e. The molecular formula is C12H13F3. The van der Waals surface area contributed by atoms with Crippen LogP contribution in [0.3, 0.4) is 0 Å². The molecule has 0 spiro atoms. The summed E-state index contributed by atoms with van der Waals surface area (Å²) in [7, 11) is 0. The van der Waals surface area contributed by atoms with Gasteiger partial charge in [-0.3, -0.25) is 0 Å². The van der Waals surface area contributed by atoms with E-state index in [1.807, 2.05) is 0 Å². The molecule has 1 fully saturated rings. The van der Waals surface area contributed by atoms with Gasteiger partial charge in [0.2, 0.25) is 0 Å². The van der Waals surface area contributed by atoms with E-state index in [0.717, 1.165) is 38.2 Å². The molecule has 1 aromatic carbocycles. The molecule has 0 unspecified atom stereocenters. The third kappa shape index (κ3) is 2.16. The Morgan fingerprint density at radius 2 is 1.40 bits per heavy atom. The van der Waals surface area contributed by atoms with Gasteiger partial charge >= 0.3 is 0 Å². The van der Waals surface area contributed by atoms with Crippen LogP contribution in [0.4, 0.5) is 13.2 Å². The zero-order valence-electron chi connectivity index (χ0n) is 8.40. The normalized spacial score (nSPS) is 18.1. The highest BCUT2D eigenvalue weighted by Gasteiger charge is 2.20. The molecule has 0 N–H and O–H groups in total. The molecule has 15 heavy (non-hydrogen) atoms. The Hall–Kier alpha value is -0.990. The number of halogens is 3. The molecule has 0 atom stereocenters. The quantitative estimate of drug-likeness (QED) is 0.616. The molecule has 0 aliphatic heterocycles. The largest absolute Gasteiger partial charge is 0.207 e. The summed E-state index contributed by atoms with van der Waals surface area (Å²) in [4.78, 5) is 0. The van der Waals surface area contributed by atoms with Crippen LogP contribution < -0.4 is 0 Å². The minimum Gasteiger partial charge on any atom is -0.207 e. The summed E-state index contributed by atoms with van der Waals surface area (Å²) in [6.07, 6.45) is 5.00. The second kappa shape index (κ2) is 4.25. The third-order valence-electron chi connectivity index (χ3n) is 3.08. The van der Waals surface area contributed by atoms with Gasteiger partial charge in [0.25, 0.3) is 0 Å². The maximum absolute atomic E-state index is 13.4. The second-order valence-electron chi connectivity index (χ2n) is 4.12. The van der Waals surface area contributed by atoms with Crippen molar-refractivity contribution >= 4 is 0 Å². The van der Waals surface area contributed by atoms with Gasteiger partial charge in [0.05, 0.1) is 0 Å². The van der Waals surface area contributed by atoms with Crippen molar-refractivity contribution in [2.45, 2.75) is 38.0 Å². The van der Waals surface area contributed by atoms with Crippen LogP contribution in [0.1, 0.15) is 43.6 Å². The van der Waals surface area contributed by atoms with Crippen LogP contribution in [-0.4, -0.2) is 0 Å². The Morgan fingerprint density at radius 1 is 0.800 bits per heavy atom. The predicted molar refractivity (Wildman–Crippen MR) is 52.1 cm³/mol. The van der Waals surface area contributed by atoms with E-state index in [1.54, 1.807) is 0 Å². The highest BCUT2D eigenvalue weighted by molar-refractivity contribution is 5.24. The van der Waals surface area contributed by atoms with Crippen LogP contribution >= 0.6 is 0 Å². The summed E-state index contributed by atoms with van der Waals surface area (Å²) in [5, 5.41) is 0. The van der Waals surface area contributed by atoms with Crippen LogP contribution in [0, 0.1) is 17.5 Å². The van der Waals surface area contributed by atoms with Gasteiger partial charge in [0.1, 0.15) is 5.82 Å². The van der Waals surface area contributed by atoms with Crippen molar-refractivity contribution < 1.29 is 13.2 Å². The highest BCUT2D eigenvalue weighted by atomic mass is 19.2. The molecule has 2 rings (SSSR count). The van der Waals surface area contributed by atoms with E-state index in [1.165, 1.54) is 0 Å².